The van der Waals surface area contributed by atoms with Crippen molar-refractivity contribution in [1.29, 1.82) is 0 Å². The number of carbonyl (C=O) groups excluding carboxylic acids is 2. The van der Waals surface area contributed by atoms with E-state index in [4.69, 9.17) is 0 Å². The number of hydrogen-bond donors (Lipinski definition) is 2. The van der Waals surface area contributed by atoms with Crippen LogP contribution in [-0.2, 0) is 11.3 Å². The van der Waals surface area contributed by atoms with Crippen LogP contribution in [0.5, 0.6) is 0 Å². The number of rotatable bonds is 5. The number of hydrogen-bond acceptors (Lipinski definition) is 5. The van der Waals surface area contributed by atoms with Gasteiger partial charge in [0.2, 0.25) is 5.91 Å². The van der Waals surface area contributed by atoms with E-state index < -0.39 is 0 Å². The molecule has 116 valence electrons. The van der Waals surface area contributed by atoms with Gasteiger partial charge < -0.3 is 10.6 Å². The van der Waals surface area contributed by atoms with E-state index >= 15 is 0 Å². The SMILES string of the molecule is O=C(Cn1cncn1)Nc1cccc(NC(=O)c2cccs2)c1. The van der Waals surface area contributed by atoms with Gasteiger partial charge in [-0.25, -0.2) is 9.67 Å². The maximum absolute atomic E-state index is 12.0. The second-order valence-corrected chi connectivity index (χ2v) is 5.60. The third-order valence-electron chi connectivity index (χ3n) is 2.92. The minimum Gasteiger partial charge on any atom is -0.324 e. The maximum atomic E-state index is 12.0. The average Bonchev–Trinajstić information content (AvgIpc) is 3.20. The van der Waals surface area contributed by atoms with E-state index in [2.05, 4.69) is 20.7 Å². The Labute approximate surface area is 136 Å². The summed E-state index contributed by atoms with van der Waals surface area (Å²) < 4.78 is 1.43. The fourth-order valence-electron chi connectivity index (χ4n) is 1.94. The van der Waals surface area contributed by atoms with Gasteiger partial charge >= 0.3 is 0 Å². The molecule has 0 bridgehead atoms. The topological polar surface area (TPSA) is 88.9 Å². The summed E-state index contributed by atoms with van der Waals surface area (Å²) in [4.78, 5) is 28.3. The van der Waals surface area contributed by atoms with E-state index in [9.17, 15) is 9.59 Å². The van der Waals surface area contributed by atoms with Crippen molar-refractivity contribution in [2.75, 3.05) is 10.6 Å². The highest BCUT2D eigenvalue weighted by molar-refractivity contribution is 7.12. The summed E-state index contributed by atoms with van der Waals surface area (Å²) in [5, 5.41) is 11.3. The summed E-state index contributed by atoms with van der Waals surface area (Å²) in [5.74, 6) is -0.400. The molecule has 2 aromatic heterocycles. The van der Waals surface area contributed by atoms with Gasteiger partial charge in [0, 0.05) is 11.4 Å². The second kappa shape index (κ2) is 6.84. The van der Waals surface area contributed by atoms with Crippen molar-refractivity contribution in [3.05, 3.63) is 59.3 Å². The molecule has 2 heterocycles. The summed E-state index contributed by atoms with van der Waals surface area (Å²) in [6, 6.07) is 10.5. The third kappa shape index (κ3) is 4.01. The van der Waals surface area contributed by atoms with Crippen LogP contribution in [0.3, 0.4) is 0 Å². The van der Waals surface area contributed by atoms with Gasteiger partial charge in [-0.3, -0.25) is 9.59 Å². The number of anilines is 2. The fraction of sp³-hybridized carbons (Fsp3) is 0.0667. The van der Waals surface area contributed by atoms with E-state index in [0.29, 0.717) is 16.3 Å². The highest BCUT2D eigenvalue weighted by atomic mass is 32.1. The zero-order chi connectivity index (χ0) is 16.1. The Hall–Kier alpha value is -3.00. The molecule has 3 rings (SSSR count). The minimum atomic E-state index is -0.225. The number of nitrogens with one attached hydrogen (secondary N) is 2. The Balaban J connectivity index is 1.63. The van der Waals surface area contributed by atoms with Gasteiger partial charge in [0.25, 0.3) is 5.91 Å². The zero-order valence-electron chi connectivity index (χ0n) is 12.0. The van der Waals surface area contributed by atoms with E-state index in [0.717, 1.165) is 0 Å². The molecule has 8 heteroatoms. The first-order valence-electron chi connectivity index (χ1n) is 6.78. The van der Waals surface area contributed by atoms with Crippen molar-refractivity contribution >= 4 is 34.5 Å². The average molecular weight is 327 g/mol. The van der Waals surface area contributed by atoms with Crippen molar-refractivity contribution in [2.24, 2.45) is 0 Å². The number of aromatic nitrogens is 3. The molecule has 7 nitrogen and oxygen atoms in total. The molecule has 3 aromatic rings. The molecule has 0 saturated carbocycles. The van der Waals surface area contributed by atoms with Crippen LogP contribution in [0, 0.1) is 0 Å². The summed E-state index contributed by atoms with van der Waals surface area (Å²) in [6.45, 7) is 0.0752. The fourth-order valence-corrected chi connectivity index (χ4v) is 2.56. The smallest absolute Gasteiger partial charge is 0.265 e. The van der Waals surface area contributed by atoms with Crippen LogP contribution < -0.4 is 10.6 Å². The highest BCUT2D eigenvalue weighted by Gasteiger charge is 2.08. The van der Waals surface area contributed by atoms with Gasteiger partial charge in [-0.2, -0.15) is 5.10 Å². The van der Waals surface area contributed by atoms with Gasteiger partial charge in [-0.05, 0) is 29.6 Å². The Bertz CT molecular complexity index is 799. The molecule has 0 unspecified atom stereocenters. The standard InChI is InChI=1S/C15H13N5O2S/c21-14(8-20-10-16-9-17-20)18-11-3-1-4-12(7-11)19-15(22)13-5-2-6-23-13/h1-7,9-10H,8H2,(H,18,21)(H,19,22). The molecule has 0 atom stereocenters. The molecular formula is C15H13N5O2S. The number of benzene rings is 1. The largest absolute Gasteiger partial charge is 0.324 e. The lowest BCUT2D eigenvalue weighted by Gasteiger charge is -2.08. The summed E-state index contributed by atoms with van der Waals surface area (Å²) in [6.07, 6.45) is 2.84. The molecule has 0 aliphatic heterocycles. The van der Waals surface area contributed by atoms with E-state index in [1.54, 1.807) is 30.3 Å². The molecule has 1 aromatic carbocycles. The zero-order valence-corrected chi connectivity index (χ0v) is 12.8. The lowest BCUT2D eigenvalue weighted by atomic mass is 10.2. The number of thiophene rings is 1. The molecule has 0 fully saturated rings. The quantitative estimate of drug-likeness (QED) is 0.752. The molecule has 0 saturated heterocycles. The van der Waals surface area contributed by atoms with Crippen LogP contribution >= 0.6 is 11.3 Å². The first kappa shape index (κ1) is 14.9. The predicted octanol–water partition coefficient (Wildman–Crippen LogP) is 2.23. The normalized spacial score (nSPS) is 10.3. The van der Waals surface area contributed by atoms with Crippen LogP contribution in [0.2, 0.25) is 0 Å². The Kier molecular flexibility index (Phi) is 4.44. The number of amides is 2. The molecule has 2 amide bonds. The summed E-state index contributed by atoms with van der Waals surface area (Å²) in [7, 11) is 0. The molecule has 0 spiro atoms. The molecule has 0 radical (unpaired) electrons. The highest BCUT2D eigenvalue weighted by Crippen LogP contribution is 2.17. The van der Waals surface area contributed by atoms with Gasteiger partial charge in [0.15, 0.2) is 0 Å². The van der Waals surface area contributed by atoms with Crippen molar-refractivity contribution in [1.82, 2.24) is 14.8 Å². The van der Waals surface area contributed by atoms with E-state index in [-0.39, 0.29) is 18.4 Å². The van der Waals surface area contributed by atoms with E-state index in [1.807, 2.05) is 11.4 Å². The van der Waals surface area contributed by atoms with Crippen LogP contribution in [0.4, 0.5) is 11.4 Å². The van der Waals surface area contributed by atoms with Gasteiger partial charge in [0.05, 0.1) is 4.88 Å². The van der Waals surface area contributed by atoms with Crippen molar-refractivity contribution < 1.29 is 9.59 Å². The number of nitrogens with zero attached hydrogens (tertiary/aromatic N) is 3. The Morgan fingerprint density at radius 2 is 1.96 bits per heavy atom. The molecule has 2 N–H and O–H groups in total. The number of carbonyl (C=O) groups is 2. The molecular weight excluding hydrogens is 314 g/mol. The third-order valence-corrected chi connectivity index (χ3v) is 3.79. The lowest BCUT2D eigenvalue weighted by molar-refractivity contribution is -0.116. The maximum Gasteiger partial charge on any atom is 0.265 e. The Morgan fingerprint density at radius 3 is 2.65 bits per heavy atom. The van der Waals surface area contributed by atoms with E-state index in [1.165, 1.54) is 28.7 Å². The van der Waals surface area contributed by atoms with Gasteiger partial charge in [-0.1, -0.05) is 12.1 Å². The molecule has 0 aliphatic rings. The van der Waals surface area contributed by atoms with Crippen molar-refractivity contribution in [3.63, 3.8) is 0 Å². The summed E-state index contributed by atoms with van der Waals surface area (Å²) >= 11 is 1.37. The first-order chi connectivity index (χ1) is 11.2. The van der Waals surface area contributed by atoms with Crippen LogP contribution in [0.1, 0.15) is 9.67 Å². The van der Waals surface area contributed by atoms with Crippen molar-refractivity contribution in [2.45, 2.75) is 6.54 Å². The Morgan fingerprint density at radius 1 is 1.13 bits per heavy atom. The molecule has 0 aliphatic carbocycles. The molecule has 23 heavy (non-hydrogen) atoms. The lowest BCUT2D eigenvalue weighted by Crippen LogP contribution is -2.19. The summed E-state index contributed by atoms with van der Waals surface area (Å²) in [5.41, 5.74) is 1.21. The second-order valence-electron chi connectivity index (χ2n) is 4.65. The first-order valence-corrected chi connectivity index (χ1v) is 7.66. The predicted molar refractivity (Wildman–Crippen MR) is 87.4 cm³/mol. The minimum absolute atomic E-state index is 0.0752. The van der Waals surface area contributed by atoms with Crippen LogP contribution in [0.15, 0.2) is 54.4 Å². The van der Waals surface area contributed by atoms with Crippen molar-refractivity contribution in [3.8, 4) is 0 Å². The van der Waals surface area contributed by atoms with Crippen LogP contribution in [0.25, 0.3) is 0 Å². The van der Waals surface area contributed by atoms with Crippen LogP contribution in [-0.4, -0.2) is 26.6 Å². The van der Waals surface area contributed by atoms with Gasteiger partial charge in [-0.15, -0.1) is 11.3 Å². The monoisotopic (exact) mass is 327 g/mol. The van der Waals surface area contributed by atoms with Gasteiger partial charge in [0.1, 0.15) is 19.2 Å².